The van der Waals surface area contributed by atoms with Crippen molar-refractivity contribution in [3.05, 3.63) is 30.1 Å². The number of rotatable bonds is 3. The second-order valence-corrected chi connectivity index (χ2v) is 3.12. The minimum Gasteiger partial charge on any atom is -0.320 e. The molecular formula is C9H14N4O. The predicted molar refractivity (Wildman–Crippen MR) is 52.9 cm³/mol. The summed E-state index contributed by atoms with van der Waals surface area (Å²) in [6.45, 7) is 0. The van der Waals surface area contributed by atoms with Crippen molar-refractivity contribution in [2.75, 3.05) is 7.05 Å². The molecule has 5 nitrogen and oxygen atoms in total. The molecule has 0 aliphatic carbocycles. The third-order valence-corrected chi connectivity index (χ3v) is 1.84. The van der Waals surface area contributed by atoms with Gasteiger partial charge in [-0.25, -0.2) is 5.84 Å². The SMILES string of the molecule is CN(N)C(=O)C(N)Cc1cccnc1. The topological polar surface area (TPSA) is 85.2 Å². The van der Waals surface area contributed by atoms with Crippen molar-refractivity contribution in [1.82, 2.24) is 9.99 Å². The number of carbonyl (C=O) groups excluding carboxylic acids is 1. The fraction of sp³-hybridized carbons (Fsp3) is 0.333. The molecule has 0 fully saturated rings. The number of likely N-dealkylation sites (N-methyl/N-ethyl adjacent to an activating group) is 1. The first-order valence-electron chi connectivity index (χ1n) is 4.28. The Morgan fingerprint density at radius 2 is 2.43 bits per heavy atom. The van der Waals surface area contributed by atoms with E-state index in [2.05, 4.69) is 4.98 Å². The standard InChI is InChI=1S/C9H14N4O/c1-13(11)9(14)8(10)5-7-3-2-4-12-6-7/h2-4,6,8H,5,10-11H2,1H3. The third-order valence-electron chi connectivity index (χ3n) is 1.84. The number of hydrogen-bond donors (Lipinski definition) is 2. The van der Waals surface area contributed by atoms with E-state index < -0.39 is 6.04 Å². The molecule has 1 heterocycles. The Morgan fingerprint density at radius 1 is 1.71 bits per heavy atom. The second-order valence-electron chi connectivity index (χ2n) is 3.12. The summed E-state index contributed by atoms with van der Waals surface area (Å²) in [6.07, 6.45) is 3.81. The van der Waals surface area contributed by atoms with Gasteiger partial charge in [-0.3, -0.25) is 14.8 Å². The van der Waals surface area contributed by atoms with Gasteiger partial charge in [-0.15, -0.1) is 0 Å². The second kappa shape index (κ2) is 4.69. The van der Waals surface area contributed by atoms with Crippen LogP contribution in [0.25, 0.3) is 0 Å². The average molecular weight is 194 g/mol. The van der Waals surface area contributed by atoms with Crippen molar-refractivity contribution in [1.29, 1.82) is 0 Å². The zero-order valence-electron chi connectivity index (χ0n) is 8.05. The lowest BCUT2D eigenvalue weighted by Gasteiger charge is -2.15. The van der Waals surface area contributed by atoms with E-state index in [1.165, 1.54) is 7.05 Å². The maximum atomic E-state index is 11.3. The van der Waals surface area contributed by atoms with E-state index in [4.69, 9.17) is 11.6 Å². The van der Waals surface area contributed by atoms with Gasteiger partial charge in [-0.1, -0.05) is 6.07 Å². The Labute approximate surface area is 82.7 Å². The summed E-state index contributed by atoms with van der Waals surface area (Å²) in [7, 11) is 1.48. The molecule has 1 aromatic rings. The van der Waals surface area contributed by atoms with Gasteiger partial charge in [0.15, 0.2) is 0 Å². The molecule has 1 atom stereocenters. The lowest BCUT2D eigenvalue weighted by atomic mass is 10.1. The normalized spacial score (nSPS) is 12.2. The molecule has 0 aromatic carbocycles. The molecule has 0 aliphatic heterocycles. The zero-order chi connectivity index (χ0) is 10.6. The lowest BCUT2D eigenvalue weighted by Crippen LogP contribution is -2.46. The van der Waals surface area contributed by atoms with Gasteiger partial charge in [0.2, 0.25) is 0 Å². The van der Waals surface area contributed by atoms with Gasteiger partial charge < -0.3 is 5.73 Å². The van der Waals surface area contributed by atoms with Gasteiger partial charge in [-0.2, -0.15) is 0 Å². The molecular weight excluding hydrogens is 180 g/mol. The van der Waals surface area contributed by atoms with Gasteiger partial charge in [0.1, 0.15) is 0 Å². The molecule has 1 amide bonds. The number of amides is 1. The van der Waals surface area contributed by atoms with Crippen molar-refractivity contribution in [2.45, 2.75) is 12.5 Å². The Hall–Kier alpha value is -1.46. The molecule has 1 rings (SSSR count). The summed E-state index contributed by atoms with van der Waals surface area (Å²) in [4.78, 5) is 15.2. The van der Waals surface area contributed by atoms with E-state index in [0.717, 1.165) is 10.6 Å². The van der Waals surface area contributed by atoms with Gasteiger partial charge in [0.25, 0.3) is 5.91 Å². The number of hydrogen-bond acceptors (Lipinski definition) is 4. The van der Waals surface area contributed by atoms with Gasteiger partial charge in [0.05, 0.1) is 6.04 Å². The Bertz CT molecular complexity index is 299. The van der Waals surface area contributed by atoms with Crippen molar-refractivity contribution < 1.29 is 4.79 Å². The fourth-order valence-electron chi connectivity index (χ4n) is 1.12. The van der Waals surface area contributed by atoms with Crippen LogP contribution in [0.1, 0.15) is 5.56 Å². The van der Waals surface area contributed by atoms with E-state index in [1.54, 1.807) is 18.5 Å². The number of nitrogens with two attached hydrogens (primary N) is 2. The average Bonchev–Trinajstić information content (AvgIpc) is 2.18. The quantitative estimate of drug-likeness (QED) is 0.378. The largest absolute Gasteiger partial charge is 0.320 e. The molecule has 0 aliphatic rings. The highest BCUT2D eigenvalue weighted by atomic mass is 16.2. The van der Waals surface area contributed by atoms with E-state index in [0.29, 0.717) is 6.42 Å². The third kappa shape index (κ3) is 2.79. The van der Waals surface area contributed by atoms with Crippen molar-refractivity contribution in [3.8, 4) is 0 Å². The van der Waals surface area contributed by atoms with Crippen LogP contribution in [0.5, 0.6) is 0 Å². The summed E-state index contributed by atoms with van der Waals surface area (Å²) in [5.41, 5.74) is 6.58. The summed E-state index contributed by atoms with van der Waals surface area (Å²) in [5.74, 6) is 5.00. The number of hydrazine groups is 1. The van der Waals surface area contributed by atoms with Gasteiger partial charge in [0, 0.05) is 19.4 Å². The van der Waals surface area contributed by atoms with Crippen LogP contribution in [0.2, 0.25) is 0 Å². The fourth-order valence-corrected chi connectivity index (χ4v) is 1.12. The number of pyridine rings is 1. The summed E-state index contributed by atoms with van der Waals surface area (Å²) >= 11 is 0. The van der Waals surface area contributed by atoms with Crippen LogP contribution in [-0.2, 0) is 11.2 Å². The Balaban J connectivity index is 2.57. The highest BCUT2D eigenvalue weighted by molar-refractivity contribution is 5.81. The van der Waals surface area contributed by atoms with Crippen molar-refractivity contribution in [2.24, 2.45) is 11.6 Å². The van der Waals surface area contributed by atoms with Gasteiger partial charge >= 0.3 is 0 Å². The highest BCUT2D eigenvalue weighted by Gasteiger charge is 2.15. The number of aromatic nitrogens is 1. The maximum Gasteiger partial charge on any atom is 0.253 e. The molecule has 5 heteroatoms. The summed E-state index contributed by atoms with van der Waals surface area (Å²) in [6, 6.07) is 3.07. The molecule has 0 saturated carbocycles. The molecule has 4 N–H and O–H groups in total. The summed E-state index contributed by atoms with van der Waals surface area (Å²) < 4.78 is 0. The molecule has 0 bridgehead atoms. The van der Waals surface area contributed by atoms with Crippen LogP contribution in [-0.4, -0.2) is 29.0 Å². The van der Waals surface area contributed by atoms with E-state index in [1.807, 2.05) is 6.07 Å². The van der Waals surface area contributed by atoms with Crippen molar-refractivity contribution in [3.63, 3.8) is 0 Å². The lowest BCUT2D eigenvalue weighted by molar-refractivity contribution is -0.131. The smallest absolute Gasteiger partial charge is 0.253 e. The number of carbonyl (C=O) groups is 1. The highest BCUT2D eigenvalue weighted by Crippen LogP contribution is 2.00. The van der Waals surface area contributed by atoms with Crippen molar-refractivity contribution >= 4 is 5.91 Å². The molecule has 0 spiro atoms. The monoisotopic (exact) mass is 194 g/mol. The Kier molecular flexibility index (Phi) is 3.55. The van der Waals surface area contributed by atoms with Crippen LogP contribution in [0.3, 0.4) is 0 Å². The van der Waals surface area contributed by atoms with E-state index >= 15 is 0 Å². The van der Waals surface area contributed by atoms with Gasteiger partial charge in [-0.05, 0) is 18.1 Å². The van der Waals surface area contributed by atoms with Crippen LogP contribution < -0.4 is 11.6 Å². The zero-order valence-corrected chi connectivity index (χ0v) is 8.05. The molecule has 76 valence electrons. The predicted octanol–water partition coefficient (Wildman–Crippen LogP) is -0.716. The first kappa shape index (κ1) is 10.6. The number of nitrogens with zero attached hydrogens (tertiary/aromatic N) is 2. The van der Waals surface area contributed by atoms with Crippen LogP contribution >= 0.6 is 0 Å². The minimum absolute atomic E-state index is 0.283. The molecule has 14 heavy (non-hydrogen) atoms. The van der Waals surface area contributed by atoms with E-state index in [-0.39, 0.29) is 5.91 Å². The Morgan fingerprint density at radius 3 is 2.93 bits per heavy atom. The van der Waals surface area contributed by atoms with Crippen LogP contribution in [0.15, 0.2) is 24.5 Å². The first-order valence-corrected chi connectivity index (χ1v) is 4.28. The first-order chi connectivity index (χ1) is 6.61. The summed E-state index contributed by atoms with van der Waals surface area (Å²) in [5, 5.41) is 1.00. The molecule has 1 aromatic heterocycles. The maximum absolute atomic E-state index is 11.3. The van der Waals surface area contributed by atoms with E-state index in [9.17, 15) is 4.79 Å². The molecule has 0 saturated heterocycles. The molecule has 0 radical (unpaired) electrons. The van der Waals surface area contributed by atoms with Crippen LogP contribution in [0.4, 0.5) is 0 Å². The minimum atomic E-state index is -0.603. The van der Waals surface area contributed by atoms with Crippen LogP contribution in [0, 0.1) is 0 Å². The molecule has 1 unspecified atom stereocenters.